The zero-order chi connectivity index (χ0) is 18.1. The highest BCUT2D eigenvalue weighted by Gasteiger charge is 2.43. The molecule has 2 fully saturated rings. The van der Waals surface area contributed by atoms with Crippen LogP contribution in [0.4, 0.5) is 13.2 Å². The van der Waals surface area contributed by atoms with Gasteiger partial charge in [0.25, 0.3) is 0 Å². The molecule has 2 heterocycles. The fourth-order valence-electron chi connectivity index (χ4n) is 4.25. The molecule has 138 valence electrons. The lowest BCUT2D eigenvalue weighted by atomic mass is 9.92. The summed E-state index contributed by atoms with van der Waals surface area (Å²) in [5.74, 6) is -0.104. The van der Waals surface area contributed by atoms with Crippen LogP contribution in [0.5, 0.6) is 5.75 Å². The summed E-state index contributed by atoms with van der Waals surface area (Å²) in [5, 5.41) is 0. The highest BCUT2D eigenvalue weighted by molar-refractivity contribution is 5.34. The average Bonchev–Trinajstić information content (AvgIpc) is 2.81. The number of nitrogens with zero attached hydrogens (tertiary/aromatic N) is 2. The predicted octanol–water partition coefficient (Wildman–Crippen LogP) is 4.56. The Labute approximate surface area is 151 Å². The quantitative estimate of drug-likeness (QED) is 0.793. The van der Waals surface area contributed by atoms with Crippen molar-refractivity contribution in [2.45, 2.75) is 37.8 Å². The van der Waals surface area contributed by atoms with E-state index in [1.165, 1.54) is 11.6 Å². The third-order valence-electron chi connectivity index (χ3n) is 5.25. The van der Waals surface area contributed by atoms with Crippen molar-refractivity contribution < 1.29 is 17.9 Å². The maximum absolute atomic E-state index is 12.7. The molecule has 0 radical (unpaired) electrons. The summed E-state index contributed by atoms with van der Waals surface area (Å²) in [6, 6.07) is 17.4. The van der Waals surface area contributed by atoms with Gasteiger partial charge in [-0.2, -0.15) is 0 Å². The Hall–Kier alpha value is -2.05. The van der Waals surface area contributed by atoms with E-state index >= 15 is 0 Å². The first-order chi connectivity index (χ1) is 12.5. The van der Waals surface area contributed by atoms with Gasteiger partial charge in [0.15, 0.2) is 0 Å². The minimum Gasteiger partial charge on any atom is -0.405 e. The minimum absolute atomic E-state index is 0.104. The van der Waals surface area contributed by atoms with Gasteiger partial charge in [-0.3, -0.25) is 9.80 Å². The predicted molar refractivity (Wildman–Crippen MR) is 92.4 cm³/mol. The van der Waals surface area contributed by atoms with Crippen molar-refractivity contribution in [2.24, 2.45) is 0 Å². The zero-order valence-corrected chi connectivity index (χ0v) is 14.3. The molecule has 2 aliphatic heterocycles. The molecule has 0 aromatic heterocycles. The van der Waals surface area contributed by atoms with E-state index in [9.17, 15) is 13.2 Å². The summed E-state index contributed by atoms with van der Waals surface area (Å²) in [6.07, 6.45) is -2.50. The first-order valence-electron chi connectivity index (χ1n) is 8.88. The van der Waals surface area contributed by atoms with Crippen LogP contribution in [0.15, 0.2) is 54.6 Å². The van der Waals surface area contributed by atoms with Gasteiger partial charge in [-0.25, -0.2) is 0 Å². The topological polar surface area (TPSA) is 15.7 Å². The van der Waals surface area contributed by atoms with Crippen molar-refractivity contribution in [1.29, 1.82) is 0 Å². The summed E-state index contributed by atoms with van der Waals surface area (Å²) in [4.78, 5) is 4.71. The van der Waals surface area contributed by atoms with E-state index < -0.39 is 6.36 Å². The fourth-order valence-corrected chi connectivity index (χ4v) is 4.25. The van der Waals surface area contributed by atoms with Crippen LogP contribution >= 0.6 is 0 Å². The summed E-state index contributed by atoms with van der Waals surface area (Å²) in [6.45, 7) is 2.24. The first kappa shape index (κ1) is 17.4. The highest BCUT2D eigenvalue weighted by Crippen LogP contribution is 2.41. The van der Waals surface area contributed by atoms with Gasteiger partial charge in [-0.1, -0.05) is 48.5 Å². The molecule has 2 aromatic carbocycles. The Balaban J connectivity index is 1.57. The Kier molecular flexibility index (Phi) is 4.63. The number of benzene rings is 2. The van der Waals surface area contributed by atoms with E-state index in [4.69, 9.17) is 0 Å². The second-order valence-electron chi connectivity index (χ2n) is 6.92. The van der Waals surface area contributed by atoms with Crippen molar-refractivity contribution in [3.05, 3.63) is 65.7 Å². The van der Waals surface area contributed by atoms with Gasteiger partial charge >= 0.3 is 6.36 Å². The summed E-state index contributed by atoms with van der Waals surface area (Å²) in [5.41, 5.74) is 1.85. The molecular weight excluding hydrogens is 341 g/mol. The second-order valence-corrected chi connectivity index (χ2v) is 6.92. The van der Waals surface area contributed by atoms with E-state index in [-0.39, 0.29) is 5.75 Å². The maximum atomic E-state index is 12.7. The SMILES string of the molecule is FC(F)(F)Oc1ccccc1CN1CN2CCCC1C2c1ccccc1. The number of hydrogen-bond acceptors (Lipinski definition) is 3. The Morgan fingerprint density at radius 1 is 1.00 bits per heavy atom. The van der Waals surface area contributed by atoms with Gasteiger partial charge in [-0.05, 0) is 24.5 Å². The molecule has 2 bridgehead atoms. The van der Waals surface area contributed by atoms with Gasteiger partial charge in [0, 0.05) is 24.7 Å². The molecule has 0 aliphatic carbocycles. The molecule has 26 heavy (non-hydrogen) atoms. The van der Waals surface area contributed by atoms with Crippen LogP contribution in [0.25, 0.3) is 0 Å². The molecular formula is C20H21F3N2O. The number of piperidine rings is 1. The molecule has 3 nitrogen and oxygen atoms in total. The molecule has 3 unspecified atom stereocenters. The number of alkyl halides is 3. The number of ether oxygens (including phenoxy) is 1. The summed E-state index contributed by atoms with van der Waals surface area (Å²) >= 11 is 0. The second kappa shape index (κ2) is 6.93. The van der Waals surface area contributed by atoms with E-state index in [1.807, 2.05) is 18.2 Å². The molecule has 2 aliphatic rings. The Morgan fingerprint density at radius 2 is 1.73 bits per heavy atom. The van der Waals surface area contributed by atoms with Crippen LogP contribution in [0.3, 0.4) is 0 Å². The van der Waals surface area contributed by atoms with E-state index in [1.54, 1.807) is 18.2 Å². The molecule has 2 saturated heterocycles. The first-order valence-corrected chi connectivity index (χ1v) is 8.88. The number of fused-ring (bicyclic) bond motifs is 2. The van der Waals surface area contributed by atoms with Gasteiger partial charge in [0.2, 0.25) is 0 Å². The van der Waals surface area contributed by atoms with Crippen molar-refractivity contribution in [3.8, 4) is 5.75 Å². The smallest absolute Gasteiger partial charge is 0.405 e. The lowest BCUT2D eigenvalue weighted by Gasteiger charge is -2.33. The zero-order valence-electron chi connectivity index (χ0n) is 14.3. The van der Waals surface area contributed by atoms with Crippen molar-refractivity contribution in [3.63, 3.8) is 0 Å². The molecule has 3 atom stereocenters. The normalized spacial score (nSPS) is 26.0. The highest BCUT2D eigenvalue weighted by atomic mass is 19.4. The molecule has 4 rings (SSSR count). The van der Waals surface area contributed by atoms with Gasteiger partial charge in [0.05, 0.1) is 12.7 Å². The standard InChI is InChI=1S/C20H21F3N2O/c21-20(22,23)26-18-11-5-4-9-16(18)13-25-14-24-12-6-10-17(25)19(24)15-7-2-1-3-8-15/h1-5,7-9,11,17,19H,6,10,12-14H2. The summed E-state index contributed by atoms with van der Waals surface area (Å²) < 4.78 is 42.3. The maximum Gasteiger partial charge on any atom is 0.573 e. The van der Waals surface area contributed by atoms with Crippen LogP contribution in [-0.2, 0) is 6.54 Å². The van der Waals surface area contributed by atoms with Crippen molar-refractivity contribution in [1.82, 2.24) is 9.80 Å². The number of halogens is 3. The van der Waals surface area contributed by atoms with E-state index in [2.05, 4.69) is 26.7 Å². The lowest BCUT2D eigenvalue weighted by Crippen LogP contribution is -2.35. The molecule has 0 amide bonds. The monoisotopic (exact) mass is 362 g/mol. The average molecular weight is 362 g/mol. The third-order valence-corrected chi connectivity index (χ3v) is 5.25. The molecule has 0 N–H and O–H groups in total. The van der Waals surface area contributed by atoms with E-state index in [0.29, 0.717) is 24.2 Å². The lowest BCUT2D eigenvalue weighted by molar-refractivity contribution is -0.275. The van der Waals surface area contributed by atoms with Crippen molar-refractivity contribution in [2.75, 3.05) is 13.2 Å². The van der Waals surface area contributed by atoms with Gasteiger partial charge in [-0.15, -0.1) is 13.2 Å². The van der Waals surface area contributed by atoms with Crippen LogP contribution in [0.1, 0.15) is 30.0 Å². The Morgan fingerprint density at radius 3 is 2.50 bits per heavy atom. The van der Waals surface area contributed by atoms with Gasteiger partial charge in [0.1, 0.15) is 5.75 Å². The van der Waals surface area contributed by atoms with Crippen molar-refractivity contribution >= 4 is 0 Å². The molecule has 6 heteroatoms. The van der Waals surface area contributed by atoms with Crippen LogP contribution in [0.2, 0.25) is 0 Å². The fraction of sp³-hybridized carbons (Fsp3) is 0.400. The van der Waals surface area contributed by atoms with Crippen LogP contribution in [-0.4, -0.2) is 35.4 Å². The minimum atomic E-state index is -4.67. The summed E-state index contributed by atoms with van der Waals surface area (Å²) in [7, 11) is 0. The number of hydrogen-bond donors (Lipinski definition) is 0. The largest absolute Gasteiger partial charge is 0.573 e. The van der Waals surface area contributed by atoms with Crippen LogP contribution < -0.4 is 4.74 Å². The van der Waals surface area contributed by atoms with Gasteiger partial charge < -0.3 is 4.74 Å². The van der Waals surface area contributed by atoms with E-state index in [0.717, 1.165) is 26.1 Å². The molecule has 0 spiro atoms. The number of para-hydroxylation sites is 1. The Bertz CT molecular complexity index is 750. The van der Waals surface area contributed by atoms with Crippen LogP contribution in [0, 0.1) is 0 Å². The number of rotatable bonds is 4. The molecule has 2 aromatic rings. The molecule has 0 saturated carbocycles. The third kappa shape index (κ3) is 3.57.